The Bertz CT molecular complexity index is 692. The van der Waals surface area contributed by atoms with Gasteiger partial charge in [0, 0.05) is 8.95 Å². The molecule has 0 saturated carbocycles. The summed E-state index contributed by atoms with van der Waals surface area (Å²) >= 11 is 6.92. The van der Waals surface area contributed by atoms with Crippen molar-refractivity contribution in [2.75, 3.05) is 0 Å². The molecule has 5 heteroatoms. The van der Waals surface area contributed by atoms with Crippen molar-refractivity contribution in [3.8, 4) is 0 Å². The third kappa shape index (κ3) is 7.45. The van der Waals surface area contributed by atoms with Gasteiger partial charge in [-0.25, -0.2) is 4.79 Å². The van der Waals surface area contributed by atoms with Crippen LogP contribution in [0.2, 0.25) is 0 Å². The molecule has 0 heterocycles. The van der Waals surface area contributed by atoms with Gasteiger partial charge in [-0.1, -0.05) is 89.7 Å². The van der Waals surface area contributed by atoms with Crippen LogP contribution < -0.4 is 0 Å². The Morgan fingerprint density at radius 2 is 1.24 bits per heavy atom. The normalized spacial score (nSPS) is 12.2. The monoisotopic (exact) mass is 524 g/mol. The molecule has 158 valence electrons. The summed E-state index contributed by atoms with van der Waals surface area (Å²) in [7, 11) is 0. The van der Waals surface area contributed by atoms with E-state index in [1.807, 2.05) is 48.5 Å². The predicted molar refractivity (Wildman–Crippen MR) is 125 cm³/mol. The second kappa shape index (κ2) is 12.4. The lowest BCUT2D eigenvalue weighted by molar-refractivity contribution is -0.0156. The molecule has 0 spiro atoms. The Morgan fingerprint density at radius 3 is 1.62 bits per heavy atom. The topological polar surface area (TPSA) is 35.5 Å². The molecular weight excluding hydrogens is 496 g/mol. The highest BCUT2D eigenvalue weighted by Crippen LogP contribution is 2.30. The number of benzene rings is 2. The van der Waals surface area contributed by atoms with Crippen molar-refractivity contribution in [3.05, 3.63) is 68.6 Å². The van der Waals surface area contributed by atoms with Gasteiger partial charge in [-0.15, -0.1) is 0 Å². The van der Waals surface area contributed by atoms with Gasteiger partial charge in [-0.3, -0.25) is 0 Å². The maximum absolute atomic E-state index is 12.8. The van der Waals surface area contributed by atoms with Crippen molar-refractivity contribution in [2.24, 2.45) is 5.92 Å². The van der Waals surface area contributed by atoms with E-state index >= 15 is 0 Å². The molecule has 0 aliphatic heterocycles. The predicted octanol–water partition coefficient (Wildman–Crippen LogP) is 8.45. The maximum atomic E-state index is 12.8. The average molecular weight is 526 g/mol. The molecule has 0 saturated heterocycles. The Hall–Kier alpha value is -1.33. The van der Waals surface area contributed by atoms with Gasteiger partial charge in [-0.2, -0.15) is 0 Å². The number of ether oxygens (including phenoxy) is 2. The molecule has 3 nitrogen and oxygen atoms in total. The minimum Gasteiger partial charge on any atom is -0.431 e. The zero-order valence-corrected chi connectivity index (χ0v) is 20.5. The summed E-state index contributed by atoms with van der Waals surface area (Å²) in [6.45, 7) is 6.41. The SMILES string of the molecule is CCCC(CCC)[C@H](CC)OC(=O)OC(c1ccc(Br)cc1)c1ccc(Br)cc1. The average Bonchev–Trinajstić information content (AvgIpc) is 2.72. The van der Waals surface area contributed by atoms with Crippen molar-refractivity contribution in [1.29, 1.82) is 0 Å². The number of hydrogen-bond donors (Lipinski definition) is 0. The Kier molecular flexibility index (Phi) is 10.2. The van der Waals surface area contributed by atoms with Gasteiger partial charge in [-0.05, 0) is 60.6 Å². The fourth-order valence-electron chi connectivity index (χ4n) is 3.62. The highest BCUT2D eigenvalue weighted by molar-refractivity contribution is 9.10. The van der Waals surface area contributed by atoms with E-state index in [0.717, 1.165) is 52.2 Å². The third-order valence-electron chi connectivity index (χ3n) is 5.05. The first-order chi connectivity index (χ1) is 14.0. The zero-order valence-electron chi connectivity index (χ0n) is 17.4. The lowest BCUT2D eigenvalue weighted by Gasteiger charge is -2.27. The number of carbonyl (C=O) groups excluding carboxylic acids is 1. The van der Waals surface area contributed by atoms with Crippen LogP contribution in [0.5, 0.6) is 0 Å². The molecule has 0 bridgehead atoms. The van der Waals surface area contributed by atoms with Gasteiger partial charge in [0.1, 0.15) is 6.10 Å². The number of hydrogen-bond acceptors (Lipinski definition) is 3. The first kappa shape index (κ1) is 23.9. The van der Waals surface area contributed by atoms with E-state index in [-0.39, 0.29) is 6.10 Å². The van der Waals surface area contributed by atoms with Crippen LogP contribution in [-0.4, -0.2) is 12.3 Å². The van der Waals surface area contributed by atoms with E-state index in [2.05, 4.69) is 52.6 Å². The van der Waals surface area contributed by atoms with Crippen LogP contribution in [0, 0.1) is 5.92 Å². The van der Waals surface area contributed by atoms with Crippen LogP contribution in [0.4, 0.5) is 4.79 Å². The summed E-state index contributed by atoms with van der Waals surface area (Å²) in [5.74, 6) is 0.376. The van der Waals surface area contributed by atoms with Gasteiger partial charge in [0.25, 0.3) is 0 Å². The number of halogens is 2. The van der Waals surface area contributed by atoms with Crippen LogP contribution in [-0.2, 0) is 9.47 Å². The molecule has 0 unspecified atom stereocenters. The van der Waals surface area contributed by atoms with Gasteiger partial charge >= 0.3 is 6.16 Å². The summed E-state index contributed by atoms with van der Waals surface area (Å²) in [6, 6.07) is 15.6. The number of rotatable bonds is 10. The Labute approximate surface area is 191 Å². The summed E-state index contributed by atoms with van der Waals surface area (Å²) in [5.41, 5.74) is 1.80. The molecule has 0 N–H and O–H groups in total. The molecular formula is C24H30Br2O3. The van der Waals surface area contributed by atoms with Crippen molar-refractivity contribution < 1.29 is 14.3 Å². The van der Waals surface area contributed by atoms with E-state index in [1.165, 1.54) is 0 Å². The summed E-state index contributed by atoms with van der Waals surface area (Å²) in [6.07, 6.45) is 3.84. The lowest BCUT2D eigenvalue weighted by Crippen LogP contribution is -2.28. The van der Waals surface area contributed by atoms with Crippen LogP contribution in [0.3, 0.4) is 0 Å². The first-order valence-corrected chi connectivity index (χ1v) is 11.9. The molecule has 0 aromatic heterocycles. The van der Waals surface area contributed by atoms with E-state index in [0.29, 0.717) is 5.92 Å². The van der Waals surface area contributed by atoms with E-state index < -0.39 is 12.3 Å². The minimum absolute atomic E-state index is 0.113. The first-order valence-electron chi connectivity index (χ1n) is 10.4. The molecule has 0 aliphatic rings. The largest absolute Gasteiger partial charge is 0.509 e. The van der Waals surface area contributed by atoms with Crippen LogP contribution in [0.25, 0.3) is 0 Å². The minimum atomic E-state index is -0.607. The fourth-order valence-corrected chi connectivity index (χ4v) is 4.15. The Morgan fingerprint density at radius 1 is 0.793 bits per heavy atom. The number of carbonyl (C=O) groups is 1. The summed E-state index contributed by atoms with van der Waals surface area (Å²) in [4.78, 5) is 12.8. The van der Waals surface area contributed by atoms with Crippen molar-refractivity contribution in [2.45, 2.75) is 65.1 Å². The molecule has 29 heavy (non-hydrogen) atoms. The van der Waals surface area contributed by atoms with E-state index in [1.54, 1.807) is 0 Å². The molecule has 0 aliphatic carbocycles. The van der Waals surface area contributed by atoms with E-state index in [9.17, 15) is 4.79 Å². The highest BCUT2D eigenvalue weighted by atomic mass is 79.9. The molecule has 2 aromatic rings. The zero-order chi connectivity index (χ0) is 21.2. The standard InChI is InChI=1S/C24H30Br2O3/c1-4-7-17(8-5-2)22(6-3)28-24(27)29-23(18-9-13-20(25)14-10-18)19-11-15-21(26)16-12-19/h9-17,22-23H,4-8H2,1-3H3/t22-/m0/s1. The smallest absolute Gasteiger partial charge is 0.431 e. The molecule has 1 atom stereocenters. The Balaban J connectivity index is 2.19. The second-order valence-corrected chi connectivity index (χ2v) is 9.08. The van der Waals surface area contributed by atoms with Crippen molar-refractivity contribution in [3.63, 3.8) is 0 Å². The molecule has 2 rings (SSSR count). The van der Waals surface area contributed by atoms with Crippen LogP contribution in [0.15, 0.2) is 57.5 Å². The van der Waals surface area contributed by atoms with Crippen molar-refractivity contribution >= 4 is 38.0 Å². The quantitative estimate of drug-likeness (QED) is 0.292. The third-order valence-corrected chi connectivity index (χ3v) is 6.11. The van der Waals surface area contributed by atoms with Crippen molar-refractivity contribution in [1.82, 2.24) is 0 Å². The van der Waals surface area contributed by atoms with Crippen LogP contribution in [0.1, 0.15) is 70.1 Å². The van der Waals surface area contributed by atoms with Gasteiger partial charge in [0.05, 0.1) is 0 Å². The molecule has 0 radical (unpaired) electrons. The fraction of sp³-hybridized carbons (Fsp3) is 0.458. The van der Waals surface area contributed by atoms with E-state index in [4.69, 9.17) is 9.47 Å². The summed E-state index contributed by atoms with van der Waals surface area (Å²) < 4.78 is 13.6. The molecule has 0 fully saturated rings. The maximum Gasteiger partial charge on any atom is 0.509 e. The van der Waals surface area contributed by atoms with Crippen LogP contribution >= 0.6 is 31.9 Å². The van der Waals surface area contributed by atoms with Gasteiger partial charge in [0.15, 0.2) is 6.10 Å². The highest BCUT2D eigenvalue weighted by Gasteiger charge is 2.26. The second-order valence-electron chi connectivity index (χ2n) is 7.25. The summed E-state index contributed by atoms with van der Waals surface area (Å²) in [5, 5.41) is 0. The molecule has 0 amide bonds. The molecule has 2 aromatic carbocycles. The lowest BCUT2D eigenvalue weighted by atomic mass is 9.91. The van der Waals surface area contributed by atoms with Gasteiger partial charge < -0.3 is 9.47 Å². The van der Waals surface area contributed by atoms with Gasteiger partial charge in [0.2, 0.25) is 0 Å².